The predicted molar refractivity (Wildman–Crippen MR) is 84.1 cm³/mol. The number of nitrogens with one attached hydrogen (secondary N) is 1. The van der Waals surface area contributed by atoms with E-state index in [9.17, 15) is 9.59 Å². The number of carbonyl (C=O) groups is 2. The van der Waals surface area contributed by atoms with Gasteiger partial charge in [0.1, 0.15) is 5.69 Å². The van der Waals surface area contributed by atoms with Crippen molar-refractivity contribution < 1.29 is 19.1 Å². The zero-order valence-corrected chi connectivity index (χ0v) is 13.3. The third-order valence-corrected chi connectivity index (χ3v) is 3.75. The van der Waals surface area contributed by atoms with Gasteiger partial charge in [0.2, 0.25) is 0 Å². The molecule has 0 saturated heterocycles. The second-order valence-electron chi connectivity index (χ2n) is 4.75. The van der Waals surface area contributed by atoms with Gasteiger partial charge in [-0.3, -0.25) is 4.79 Å². The van der Waals surface area contributed by atoms with Crippen molar-refractivity contribution in [3.8, 4) is 0 Å². The van der Waals surface area contributed by atoms with Gasteiger partial charge in [-0.15, -0.1) is 11.6 Å². The van der Waals surface area contributed by atoms with Crippen molar-refractivity contribution in [3.63, 3.8) is 0 Å². The van der Waals surface area contributed by atoms with Crippen molar-refractivity contribution in [2.24, 2.45) is 0 Å². The molecule has 2 aromatic rings. The number of aromatic amines is 1. The second kappa shape index (κ2) is 7.31. The van der Waals surface area contributed by atoms with Gasteiger partial charge in [-0.2, -0.15) is 0 Å². The monoisotopic (exact) mass is 323 g/mol. The number of H-pyrrole nitrogens is 1. The molecule has 5 nitrogen and oxygen atoms in total. The van der Waals surface area contributed by atoms with Crippen LogP contribution < -0.4 is 0 Å². The van der Waals surface area contributed by atoms with Gasteiger partial charge in [-0.25, -0.2) is 4.79 Å². The first kappa shape index (κ1) is 16.4. The zero-order valence-electron chi connectivity index (χ0n) is 12.6. The molecule has 1 aromatic carbocycles. The first-order valence-corrected chi connectivity index (χ1v) is 7.58. The standard InChI is InChI=1S/C16H18ClNO4/c1-3-22-16(20)15-12(7-8-13(19)21-2)11-6-4-5-10(9-17)14(11)18-15/h4-6,18H,3,7-9H2,1-2H3. The van der Waals surface area contributed by atoms with E-state index in [1.54, 1.807) is 6.92 Å². The summed E-state index contributed by atoms with van der Waals surface area (Å²) in [5.41, 5.74) is 2.83. The highest BCUT2D eigenvalue weighted by Crippen LogP contribution is 2.28. The van der Waals surface area contributed by atoms with Crippen molar-refractivity contribution in [1.82, 2.24) is 4.98 Å². The summed E-state index contributed by atoms with van der Waals surface area (Å²) < 4.78 is 9.75. The Balaban J connectivity index is 2.50. The Morgan fingerprint density at radius 2 is 2.09 bits per heavy atom. The van der Waals surface area contributed by atoms with Crippen molar-refractivity contribution in [1.29, 1.82) is 0 Å². The Morgan fingerprint density at radius 1 is 1.32 bits per heavy atom. The molecule has 1 aromatic heterocycles. The van der Waals surface area contributed by atoms with Crippen LogP contribution in [0.4, 0.5) is 0 Å². The first-order valence-electron chi connectivity index (χ1n) is 7.04. The molecule has 1 N–H and O–H groups in total. The molecular formula is C16H18ClNO4. The van der Waals surface area contributed by atoms with Crippen LogP contribution in [0.3, 0.4) is 0 Å². The molecule has 6 heteroatoms. The lowest BCUT2D eigenvalue weighted by atomic mass is 10.0. The van der Waals surface area contributed by atoms with E-state index >= 15 is 0 Å². The number of hydrogen-bond donors (Lipinski definition) is 1. The smallest absolute Gasteiger partial charge is 0.355 e. The highest BCUT2D eigenvalue weighted by Gasteiger charge is 2.20. The Hall–Kier alpha value is -2.01. The summed E-state index contributed by atoms with van der Waals surface area (Å²) in [7, 11) is 1.34. The van der Waals surface area contributed by atoms with Crippen LogP contribution in [-0.4, -0.2) is 30.6 Å². The third-order valence-electron chi connectivity index (χ3n) is 3.46. The number of alkyl halides is 1. The highest BCUT2D eigenvalue weighted by atomic mass is 35.5. The molecule has 0 amide bonds. The number of fused-ring (bicyclic) bond motifs is 1. The average molecular weight is 324 g/mol. The number of benzene rings is 1. The van der Waals surface area contributed by atoms with Crippen molar-refractivity contribution in [3.05, 3.63) is 35.0 Å². The molecule has 0 unspecified atom stereocenters. The minimum Gasteiger partial charge on any atom is -0.469 e. The predicted octanol–water partition coefficient (Wildman–Crippen LogP) is 3.19. The summed E-state index contributed by atoms with van der Waals surface area (Å²) in [6, 6.07) is 5.67. The number of carbonyl (C=O) groups excluding carboxylic acids is 2. The largest absolute Gasteiger partial charge is 0.469 e. The summed E-state index contributed by atoms with van der Waals surface area (Å²) in [6.45, 7) is 2.03. The van der Waals surface area contributed by atoms with Gasteiger partial charge < -0.3 is 14.5 Å². The summed E-state index contributed by atoms with van der Waals surface area (Å²) >= 11 is 5.95. The van der Waals surface area contributed by atoms with Gasteiger partial charge >= 0.3 is 11.9 Å². The normalized spacial score (nSPS) is 10.7. The lowest BCUT2D eigenvalue weighted by Crippen LogP contribution is -2.09. The van der Waals surface area contributed by atoms with Crippen LogP contribution in [-0.2, 0) is 26.6 Å². The molecular weight excluding hydrogens is 306 g/mol. The summed E-state index contributed by atoms with van der Waals surface area (Å²) in [5, 5.41) is 0.880. The number of ether oxygens (including phenoxy) is 2. The fourth-order valence-electron chi connectivity index (χ4n) is 2.41. The molecule has 0 bridgehead atoms. The highest BCUT2D eigenvalue weighted by molar-refractivity contribution is 6.18. The van der Waals surface area contributed by atoms with E-state index in [-0.39, 0.29) is 19.0 Å². The number of hydrogen-bond acceptors (Lipinski definition) is 4. The molecule has 0 radical (unpaired) electrons. The number of esters is 2. The van der Waals surface area contributed by atoms with Crippen LogP contribution in [0.25, 0.3) is 10.9 Å². The topological polar surface area (TPSA) is 68.4 Å². The maximum atomic E-state index is 12.1. The molecule has 1 heterocycles. The average Bonchev–Trinajstić information content (AvgIpc) is 2.91. The van der Waals surface area contributed by atoms with Gasteiger partial charge in [0, 0.05) is 17.7 Å². The van der Waals surface area contributed by atoms with Gasteiger partial charge in [-0.05, 0) is 24.5 Å². The molecule has 2 rings (SSSR count). The van der Waals surface area contributed by atoms with E-state index in [0.29, 0.717) is 18.0 Å². The Labute approximate surface area is 133 Å². The van der Waals surface area contributed by atoms with Crippen LogP contribution in [0.1, 0.15) is 35.0 Å². The molecule has 22 heavy (non-hydrogen) atoms. The first-order chi connectivity index (χ1) is 10.6. The summed E-state index contributed by atoms with van der Waals surface area (Å²) in [5.74, 6) is -0.423. The summed E-state index contributed by atoms with van der Waals surface area (Å²) in [4.78, 5) is 26.6. The fourth-order valence-corrected chi connectivity index (χ4v) is 2.63. The van der Waals surface area contributed by atoms with E-state index in [0.717, 1.165) is 22.0 Å². The van der Waals surface area contributed by atoms with E-state index in [2.05, 4.69) is 9.72 Å². The van der Waals surface area contributed by atoms with Gasteiger partial charge in [0.15, 0.2) is 0 Å². The van der Waals surface area contributed by atoms with Gasteiger partial charge in [0.05, 0.1) is 19.2 Å². The van der Waals surface area contributed by atoms with Gasteiger partial charge in [-0.1, -0.05) is 18.2 Å². The summed E-state index contributed by atoms with van der Waals surface area (Å²) in [6.07, 6.45) is 0.591. The number of methoxy groups -OCH3 is 1. The quantitative estimate of drug-likeness (QED) is 0.655. The van der Waals surface area contributed by atoms with Crippen LogP contribution in [0.2, 0.25) is 0 Å². The maximum Gasteiger partial charge on any atom is 0.355 e. The van der Waals surface area contributed by atoms with E-state index in [1.165, 1.54) is 7.11 Å². The van der Waals surface area contributed by atoms with E-state index in [4.69, 9.17) is 16.3 Å². The number of aryl methyl sites for hydroxylation is 1. The zero-order chi connectivity index (χ0) is 16.1. The number of halogens is 1. The van der Waals surface area contributed by atoms with Crippen LogP contribution in [0, 0.1) is 0 Å². The molecule has 0 aliphatic heterocycles. The minimum absolute atomic E-state index is 0.195. The lowest BCUT2D eigenvalue weighted by molar-refractivity contribution is -0.140. The van der Waals surface area contributed by atoms with Crippen LogP contribution >= 0.6 is 11.6 Å². The Morgan fingerprint density at radius 3 is 2.73 bits per heavy atom. The molecule has 0 aliphatic rings. The van der Waals surface area contributed by atoms with Crippen molar-refractivity contribution in [2.75, 3.05) is 13.7 Å². The minimum atomic E-state index is -0.431. The van der Waals surface area contributed by atoms with E-state index < -0.39 is 5.97 Å². The molecule has 0 atom stereocenters. The Kier molecular flexibility index (Phi) is 5.44. The van der Waals surface area contributed by atoms with Crippen LogP contribution in [0.15, 0.2) is 18.2 Å². The van der Waals surface area contributed by atoms with Crippen LogP contribution in [0.5, 0.6) is 0 Å². The lowest BCUT2D eigenvalue weighted by Gasteiger charge is -2.04. The Bertz CT molecular complexity index is 693. The number of aromatic nitrogens is 1. The SMILES string of the molecule is CCOC(=O)c1[nH]c2c(CCl)cccc2c1CCC(=O)OC. The van der Waals surface area contributed by atoms with Gasteiger partial charge in [0.25, 0.3) is 0 Å². The van der Waals surface area contributed by atoms with Crippen molar-refractivity contribution >= 4 is 34.4 Å². The van der Waals surface area contributed by atoms with Crippen molar-refractivity contribution in [2.45, 2.75) is 25.6 Å². The molecule has 0 saturated carbocycles. The number of para-hydroxylation sites is 1. The fraction of sp³-hybridized carbons (Fsp3) is 0.375. The molecule has 0 fully saturated rings. The second-order valence-corrected chi connectivity index (χ2v) is 5.02. The molecule has 118 valence electrons. The third kappa shape index (κ3) is 3.25. The molecule has 0 spiro atoms. The molecule has 0 aliphatic carbocycles. The van der Waals surface area contributed by atoms with E-state index in [1.807, 2.05) is 18.2 Å². The maximum absolute atomic E-state index is 12.1. The number of rotatable bonds is 6.